The number of rotatable bonds is 6. The SMILES string of the molecule is CCNC(c1c(Cl)cnn1C)C1(OCC)CCCC(C)C1. The zero-order valence-electron chi connectivity index (χ0n) is 13.7. The highest BCUT2D eigenvalue weighted by molar-refractivity contribution is 6.31. The molecule has 0 bridgehead atoms. The van der Waals surface area contributed by atoms with E-state index in [0.29, 0.717) is 5.92 Å². The third-order valence-electron chi connectivity index (χ3n) is 4.57. The predicted octanol–water partition coefficient (Wildman–Crippen LogP) is 3.71. The Balaban J connectivity index is 2.41. The third kappa shape index (κ3) is 3.43. The molecule has 1 saturated carbocycles. The van der Waals surface area contributed by atoms with Crippen molar-refractivity contribution in [2.45, 2.75) is 58.1 Å². The lowest BCUT2D eigenvalue weighted by Gasteiger charge is -2.45. The van der Waals surface area contributed by atoms with Gasteiger partial charge in [0.15, 0.2) is 0 Å². The Hall–Kier alpha value is -0.580. The Morgan fingerprint density at radius 3 is 2.86 bits per heavy atom. The first-order chi connectivity index (χ1) is 10.0. The third-order valence-corrected chi connectivity index (χ3v) is 4.86. The Morgan fingerprint density at radius 1 is 1.57 bits per heavy atom. The Bertz CT molecular complexity index is 439. The standard InChI is InChI=1S/C16H28ClN3O/c1-5-18-15(14-13(17)11-19-20(14)4)16(21-6-2)9-7-8-12(3)10-16/h11-12,15,18H,5-10H2,1-4H3. The normalized spacial score (nSPS) is 27.8. The first-order valence-electron chi connectivity index (χ1n) is 8.08. The molecule has 4 nitrogen and oxygen atoms in total. The van der Waals surface area contributed by atoms with E-state index in [4.69, 9.17) is 16.3 Å². The number of aryl methyl sites for hydroxylation is 1. The van der Waals surface area contributed by atoms with Gasteiger partial charge < -0.3 is 10.1 Å². The van der Waals surface area contributed by atoms with Gasteiger partial charge in [0.05, 0.1) is 28.6 Å². The molecule has 0 radical (unpaired) electrons. The van der Waals surface area contributed by atoms with Crippen LogP contribution in [0.4, 0.5) is 0 Å². The smallest absolute Gasteiger partial charge is 0.0894 e. The molecule has 1 N–H and O–H groups in total. The summed E-state index contributed by atoms with van der Waals surface area (Å²) < 4.78 is 8.21. The molecular weight excluding hydrogens is 286 g/mol. The van der Waals surface area contributed by atoms with E-state index in [1.54, 1.807) is 6.20 Å². The molecule has 1 fully saturated rings. The lowest BCUT2D eigenvalue weighted by Crippen LogP contribution is -2.49. The average Bonchev–Trinajstić information content (AvgIpc) is 2.76. The van der Waals surface area contributed by atoms with Gasteiger partial charge in [-0.1, -0.05) is 38.3 Å². The highest BCUT2D eigenvalue weighted by Gasteiger charge is 2.45. The molecule has 3 atom stereocenters. The van der Waals surface area contributed by atoms with E-state index in [2.05, 4.69) is 31.2 Å². The van der Waals surface area contributed by atoms with Crippen molar-refractivity contribution < 1.29 is 4.74 Å². The zero-order valence-corrected chi connectivity index (χ0v) is 14.4. The summed E-state index contributed by atoms with van der Waals surface area (Å²) >= 11 is 6.41. The average molecular weight is 314 g/mol. The molecule has 0 aliphatic heterocycles. The second-order valence-corrected chi connectivity index (χ2v) is 6.60. The summed E-state index contributed by atoms with van der Waals surface area (Å²) in [7, 11) is 1.96. The van der Waals surface area contributed by atoms with Crippen LogP contribution >= 0.6 is 11.6 Å². The Labute approximate surface area is 133 Å². The number of ether oxygens (including phenoxy) is 1. The van der Waals surface area contributed by atoms with Crippen molar-refractivity contribution in [1.29, 1.82) is 0 Å². The molecule has 0 spiro atoms. The van der Waals surface area contributed by atoms with Crippen LogP contribution in [0.5, 0.6) is 0 Å². The molecule has 1 heterocycles. The summed E-state index contributed by atoms with van der Waals surface area (Å²) in [6, 6.07) is 0.0881. The van der Waals surface area contributed by atoms with Crippen LogP contribution in [0.1, 0.15) is 58.2 Å². The molecule has 0 aromatic carbocycles. The highest BCUT2D eigenvalue weighted by Crippen LogP contribution is 2.44. The maximum Gasteiger partial charge on any atom is 0.0894 e. The second kappa shape index (κ2) is 7.12. The molecule has 21 heavy (non-hydrogen) atoms. The first kappa shape index (κ1) is 16.8. The van der Waals surface area contributed by atoms with Crippen molar-refractivity contribution in [2.24, 2.45) is 13.0 Å². The van der Waals surface area contributed by atoms with Crippen molar-refractivity contribution >= 4 is 11.6 Å². The number of halogens is 1. The zero-order chi connectivity index (χ0) is 15.5. The number of nitrogens with one attached hydrogen (secondary N) is 1. The van der Waals surface area contributed by atoms with E-state index in [1.807, 2.05) is 11.7 Å². The van der Waals surface area contributed by atoms with Crippen LogP contribution in [-0.2, 0) is 11.8 Å². The summed E-state index contributed by atoms with van der Waals surface area (Å²) in [5.41, 5.74) is 0.862. The minimum atomic E-state index is -0.181. The molecule has 1 aliphatic rings. The van der Waals surface area contributed by atoms with Crippen molar-refractivity contribution in [2.75, 3.05) is 13.2 Å². The van der Waals surface area contributed by atoms with Crippen LogP contribution in [0.2, 0.25) is 5.02 Å². The molecule has 3 unspecified atom stereocenters. The molecule has 5 heteroatoms. The van der Waals surface area contributed by atoms with E-state index < -0.39 is 0 Å². The Kier molecular flexibility index (Phi) is 5.69. The van der Waals surface area contributed by atoms with Gasteiger partial charge in [0.2, 0.25) is 0 Å². The van der Waals surface area contributed by atoms with Crippen molar-refractivity contribution in [1.82, 2.24) is 15.1 Å². The summed E-state index contributed by atoms with van der Waals surface area (Å²) in [5.74, 6) is 0.679. The van der Waals surface area contributed by atoms with E-state index >= 15 is 0 Å². The monoisotopic (exact) mass is 313 g/mol. The minimum Gasteiger partial charge on any atom is -0.373 e. The van der Waals surface area contributed by atoms with Crippen LogP contribution in [0.25, 0.3) is 0 Å². The second-order valence-electron chi connectivity index (χ2n) is 6.19. The fourth-order valence-electron chi connectivity index (χ4n) is 3.79. The van der Waals surface area contributed by atoms with E-state index in [0.717, 1.165) is 36.7 Å². The maximum atomic E-state index is 6.41. The van der Waals surface area contributed by atoms with Gasteiger partial charge in [0.25, 0.3) is 0 Å². The molecule has 2 rings (SSSR count). The molecule has 1 aromatic heterocycles. The first-order valence-corrected chi connectivity index (χ1v) is 8.46. The van der Waals surface area contributed by atoms with Gasteiger partial charge in [0, 0.05) is 13.7 Å². The summed E-state index contributed by atoms with van der Waals surface area (Å²) in [5, 5.41) is 8.65. The number of nitrogens with zero attached hydrogens (tertiary/aromatic N) is 2. The number of likely N-dealkylation sites (N-methyl/N-ethyl adjacent to an activating group) is 1. The quantitative estimate of drug-likeness (QED) is 0.870. The summed E-state index contributed by atoms with van der Waals surface area (Å²) in [4.78, 5) is 0. The van der Waals surface area contributed by atoms with Gasteiger partial charge in [-0.15, -0.1) is 0 Å². The molecule has 0 saturated heterocycles. The van der Waals surface area contributed by atoms with Gasteiger partial charge in [-0.05, 0) is 32.2 Å². The van der Waals surface area contributed by atoms with Gasteiger partial charge in [-0.2, -0.15) is 5.10 Å². The molecule has 0 amide bonds. The van der Waals surface area contributed by atoms with Crippen LogP contribution in [0.15, 0.2) is 6.20 Å². The molecule has 1 aromatic rings. The highest BCUT2D eigenvalue weighted by atomic mass is 35.5. The topological polar surface area (TPSA) is 39.1 Å². The fraction of sp³-hybridized carbons (Fsp3) is 0.812. The summed E-state index contributed by atoms with van der Waals surface area (Å²) in [6.07, 6.45) is 6.36. The van der Waals surface area contributed by atoms with E-state index in [9.17, 15) is 0 Å². The Morgan fingerprint density at radius 2 is 2.33 bits per heavy atom. The van der Waals surface area contributed by atoms with Gasteiger partial charge in [-0.25, -0.2) is 0 Å². The molecular formula is C16H28ClN3O. The van der Waals surface area contributed by atoms with Gasteiger partial charge >= 0.3 is 0 Å². The molecule has 1 aliphatic carbocycles. The van der Waals surface area contributed by atoms with Crippen molar-refractivity contribution in [3.63, 3.8) is 0 Å². The van der Waals surface area contributed by atoms with Crippen LogP contribution in [0, 0.1) is 5.92 Å². The largest absolute Gasteiger partial charge is 0.373 e. The maximum absolute atomic E-state index is 6.41. The fourth-order valence-corrected chi connectivity index (χ4v) is 4.06. The van der Waals surface area contributed by atoms with Gasteiger partial charge in [-0.3, -0.25) is 4.68 Å². The van der Waals surface area contributed by atoms with Crippen molar-refractivity contribution in [3.05, 3.63) is 16.9 Å². The van der Waals surface area contributed by atoms with Crippen LogP contribution in [-0.4, -0.2) is 28.5 Å². The number of aromatic nitrogens is 2. The number of hydrogen-bond acceptors (Lipinski definition) is 3. The van der Waals surface area contributed by atoms with Gasteiger partial charge in [0.1, 0.15) is 0 Å². The van der Waals surface area contributed by atoms with Crippen LogP contribution in [0.3, 0.4) is 0 Å². The predicted molar refractivity (Wildman–Crippen MR) is 86.6 cm³/mol. The van der Waals surface area contributed by atoms with Crippen LogP contribution < -0.4 is 5.32 Å². The lowest BCUT2D eigenvalue weighted by atomic mass is 9.73. The lowest BCUT2D eigenvalue weighted by molar-refractivity contribution is -0.103. The van der Waals surface area contributed by atoms with E-state index in [1.165, 1.54) is 12.8 Å². The van der Waals surface area contributed by atoms with Crippen molar-refractivity contribution in [3.8, 4) is 0 Å². The molecule has 120 valence electrons. The van der Waals surface area contributed by atoms with E-state index in [-0.39, 0.29) is 11.6 Å². The summed E-state index contributed by atoms with van der Waals surface area (Å²) in [6.45, 7) is 8.14. The minimum absolute atomic E-state index is 0.0881. The number of hydrogen-bond donors (Lipinski definition) is 1.